The highest BCUT2D eigenvalue weighted by molar-refractivity contribution is 7.10. The lowest BCUT2D eigenvalue weighted by atomic mass is 9.50. The molecule has 2 aliphatic rings. The van der Waals surface area contributed by atoms with Gasteiger partial charge in [-0.2, -0.15) is 5.26 Å². The molecule has 3 rings (SSSR count). The van der Waals surface area contributed by atoms with Crippen molar-refractivity contribution in [2.75, 3.05) is 13.2 Å². The summed E-state index contributed by atoms with van der Waals surface area (Å²) >= 11 is 1.72. The molecule has 1 saturated heterocycles. The molecule has 0 unspecified atom stereocenters. The third kappa shape index (κ3) is 1.41. The van der Waals surface area contributed by atoms with E-state index in [2.05, 4.69) is 17.5 Å². The van der Waals surface area contributed by atoms with Gasteiger partial charge in [-0.1, -0.05) is 6.07 Å². The highest BCUT2D eigenvalue weighted by Gasteiger charge is 2.56. The van der Waals surface area contributed by atoms with Crippen molar-refractivity contribution in [1.29, 1.82) is 5.26 Å². The zero-order chi connectivity index (χ0) is 11.1. The lowest BCUT2D eigenvalue weighted by molar-refractivity contribution is -0.0569. The summed E-state index contributed by atoms with van der Waals surface area (Å²) in [6, 6.07) is 6.72. The monoisotopic (exact) mass is 233 g/mol. The summed E-state index contributed by atoms with van der Waals surface area (Å²) in [5.74, 6) is 0. The van der Waals surface area contributed by atoms with Crippen LogP contribution in [-0.2, 0) is 10.2 Å². The highest BCUT2D eigenvalue weighted by atomic mass is 32.1. The number of hydrogen-bond donors (Lipinski definition) is 0. The van der Waals surface area contributed by atoms with Crippen LogP contribution in [0.3, 0.4) is 0 Å². The van der Waals surface area contributed by atoms with Crippen LogP contribution in [0.5, 0.6) is 0 Å². The maximum absolute atomic E-state index is 9.45. The SMILES string of the molecule is N#CC1(c2cccs2)CC2(CCOCC2)C1. The Bertz CT molecular complexity index is 404. The van der Waals surface area contributed by atoms with E-state index in [9.17, 15) is 5.26 Å². The topological polar surface area (TPSA) is 33.0 Å². The summed E-state index contributed by atoms with van der Waals surface area (Å²) in [6.45, 7) is 1.76. The number of rotatable bonds is 1. The van der Waals surface area contributed by atoms with Crippen LogP contribution in [0.15, 0.2) is 17.5 Å². The van der Waals surface area contributed by atoms with E-state index < -0.39 is 0 Å². The van der Waals surface area contributed by atoms with Crippen molar-refractivity contribution >= 4 is 11.3 Å². The first kappa shape index (κ1) is 10.3. The van der Waals surface area contributed by atoms with Crippen LogP contribution in [0, 0.1) is 16.7 Å². The van der Waals surface area contributed by atoms with Gasteiger partial charge in [-0.25, -0.2) is 0 Å². The molecule has 2 nitrogen and oxygen atoms in total. The van der Waals surface area contributed by atoms with Crippen LogP contribution < -0.4 is 0 Å². The van der Waals surface area contributed by atoms with Gasteiger partial charge in [-0.05, 0) is 42.5 Å². The van der Waals surface area contributed by atoms with Gasteiger partial charge >= 0.3 is 0 Å². The predicted molar refractivity (Wildman–Crippen MR) is 63.3 cm³/mol. The molecule has 1 aliphatic carbocycles. The molecule has 2 fully saturated rings. The van der Waals surface area contributed by atoms with E-state index in [1.54, 1.807) is 11.3 Å². The Morgan fingerprint density at radius 3 is 2.62 bits per heavy atom. The molecule has 2 heterocycles. The van der Waals surface area contributed by atoms with Gasteiger partial charge in [0.25, 0.3) is 0 Å². The predicted octanol–water partition coefficient (Wildman–Crippen LogP) is 3.10. The standard InChI is InChI=1S/C13H15NOS/c14-10-13(11-2-1-7-16-11)8-12(9-13)3-5-15-6-4-12/h1-2,7H,3-6,8-9H2. The molecule has 0 radical (unpaired) electrons. The van der Waals surface area contributed by atoms with E-state index >= 15 is 0 Å². The minimum absolute atomic E-state index is 0.175. The second kappa shape index (κ2) is 3.58. The minimum Gasteiger partial charge on any atom is -0.381 e. The Morgan fingerprint density at radius 1 is 1.31 bits per heavy atom. The largest absolute Gasteiger partial charge is 0.381 e. The molecule has 3 heteroatoms. The van der Waals surface area contributed by atoms with Crippen molar-refractivity contribution in [1.82, 2.24) is 0 Å². The summed E-state index contributed by atoms with van der Waals surface area (Å²) in [7, 11) is 0. The average Bonchev–Trinajstić information content (AvgIpc) is 2.80. The maximum Gasteiger partial charge on any atom is 0.0925 e. The van der Waals surface area contributed by atoms with Gasteiger partial charge in [0, 0.05) is 18.1 Å². The van der Waals surface area contributed by atoms with Gasteiger partial charge in [0.2, 0.25) is 0 Å². The summed E-state index contributed by atoms with van der Waals surface area (Å²) in [5.41, 5.74) is 0.240. The van der Waals surface area contributed by atoms with E-state index in [1.807, 2.05) is 6.07 Å². The van der Waals surface area contributed by atoms with Crippen LogP contribution >= 0.6 is 11.3 Å². The maximum atomic E-state index is 9.45. The van der Waals surface area contributed by atoms with Crippen molar-refractivity contribution in [2.45, 2.75) is 31.1 Å². The molecule has 16 heavy (non-hydrogen) atoms. The first-order valence-electron chi connectivity index (χ1n) is 5.82. The fraction of sp³-hybridized carbons (Fsp3) is 0.615. The number of nitrogens with zero attached hydrogens (tertiary/aromatic N) is 1. The van der Waals surface area contributed by atoms with Crippen LogP contribution in [0.4, 0.5) is 0 Å². The Balaban J connectivity index is 1.81. The number of nitriles is 1. The summed E-state index contributed by atoms with van der Waals surface area (Å²) < 4.78 is 5.41. The highest BCUT2D eigenvalue weighted by Crippen LogP contribution is 2.60. The molecule has 0 N–H and O–H groups in total. The lowest BCUT2D eigenvalue weighted by Gasteiger charge is -2.54. The van der Waals surface area contributed by atoms with Crippen molar-refractivity contribution in [2.24, 2.45) is 5.41 Å². The van der Waals surface area contributed by atoms with Crippen LogP contribution in [0.25, 0.3) is 0 Å². The fourth-order valence-electron chi connectivity index (χ4n) is 3.25. The van der Waals surface area contributed by atoms with E-state index in [-0.39, 0.29) is 5.41 Å². The smallest absolute Gasteiger partial charge is 0.0925 e. The number of hydrogen-bond acceptors (Lipinski definition) is 3. The first-order valence-corrected chi connectivity index (χ1v) is 6.70. The van der Waals surface area contributed by atoms with E-state index in [1.165, 1.54) is 4.88 Å². The Morgan fingerprint density at radius 2 is 2.06 bits per heavy atom. The van der Waals surface area contributed by atoms with Gasteiger partial charge in [0.1, 0.15) is 0 Å². The third-order valence-electron chi connectivity index (χ3n) is 4.11. The molecule has 1 aromatic heterocycles. The lowest BCUT2D eigenvalue weighted by Crippen LogP contribution is -2.51. The van der Waals surface area contributed by atoms with Gasteiger partial charge in [-0.3, -0.25) is 0 Å². The molecule has 84 valence electrons. The Labute approximate surface area is 99.9 Å². The molecular weight excluding hydrogens is 218 g/mol. The molecule has 0 amide bonds. The third-order valence-corrected chi connectivity index (χ3v) is 5.19. The van der Waals surface area contributed by atoms with Gasteiger partial charge < -0.3 is 4.74 Å². The van der Waals surface area contributed by atoms with Gasteiger partial charge in [0.05, 0.1) is 11.5 Å². The van der Waals surface area contributed by atoms with Crippen molar-refractivity contribution < 1.29 is 4.74 Å². The van der Waals surface area contributed by atoms with E-state index in [4.69, 9.17) is 4.74 Å². The number of ether oxygens (including phenoxy) is 1. The zero-order valence-electron chi connectivity index (χ0n) is 9.24. The van der Waals surface area contributed by atoms with Gasteiger partial charge in [0.15, 0.2) is 0 Å². The Hall–Kier alpha value is -0.850. The quantitative estimate of drug-likeness (QED) is 0.746. The van der Waals surface area contributed by atoms with Crippen molar-refractivity contribution in [3.05, 3.63) is 22.4 Å². The molecule has 1 aromatic rings. The molecule has 0 bridgehead atoms. The molecule has 0 atom stereocenters. The normalized spacial score (nSPS) is 25.9. The molecule has 1 spiro atoms. The van der Waals surface area contributed by atoms with Crippen LogP contribution in [0.1, 0.15) is 30.6 Å². The first-order chi connectivity index (χ1) is 7.79. The van der Waals surface area contributed by atoms with Gasteiger partial charge in [-0.15, -0.1) is 11.3 Å². The minimum atomic E-state index is -0.175. The van der Waals surface area contributed by atoms with Crippen molar-refractivity contribution in [3.63, 3.8) is 0 Å². The zero-order valence-corrected chi connectivity index (χ0v) is 10.1. The number of thiophene rings is 1. The van der Waals surface area contributed by atoms with Crippen molar-refractivity contribution in [3.8, 4) is 6.07 Å². The fourth-order valence-corrected chi connectivity index (χ4v) is 4.12. The molecule has 0 aromatic carbocycles. The molecular formula is C13H15NOS. The van der Waals surface area contributed by atoms with E-state index in [0.29, 0.717) is 5.41 Å². The molecule has 1 saturated carbocycles. The second-order valence-corrected chi connectivity index (χ2v) is 6.08. The Kier molecular flexibility index (Phi) is 2.31. The van der Waals surface area contributed by atoms with Crippen LogP contribution in [0.2, 0.25) is 0 Å². The summed E-state index contributed by atoms with van der Waals surface area (Å²) in [5, 5.41) is 11.5. The summed E-state index contributed by atoms with van der Waals surface area (Å²) in [4.78, 5) is 1.26. The van der Waals surface area contributed by atoms with Crippen LogP contribution in [-0.4, -0.2) is 13.2 Å². The second-order valence-electron chi connectivity index (χ2n) is 5.14. The summed E-state index contributed by atoms with van der Waals surface area (Å²) in [6.07, 6.45) is 4.37. The molecule has 1 aliphatic heterocycles. The van der Waals surface area contributed by atoms with E-state index in [0.717, 1.165) is 38.9 Å². The average molecular weight is 233 g/mol.